The van der Waals surface area contributed by atoms with Crippen LogP contribution in [-0.2, 0) is 0 Å². The van der Waals surface area contributed by atoms with Crippen LogP contribution < -0.4 is 10.9 Å². The van der Waals surface area contributed by atoms with Gasteiger partial charge >= 0.3 is 0 Å². The quantitative estimate of drug-likeness (QED) is 0.342. The highest BCUT2D eigenvalue weighted by molar-refractivity contribution is 5.93. The number of rotatable bonds is 4. The number of nitrogens with zero attached hydrogens (tertiary/aromatic N) is 4. The van der Waals surface area contributed by atoms with Crippen LogP contribution in [0.2, 0.25) is 0 Å². The number of benzene rings is 2. The van der Waals surface area contributed by atoms with E-state index in [9.17, 15) is 4.79 Å². The fourth-order valence-corrected chi connectivity index (χ4v) is 3.78. The first-order chi connectivity index (χ1) is 15.6. The Balaban J connectivity index is 1.56. The Kier molecular flexibility index (Phi) is 3.94. The molecular formula is C23H18N8O. The largest absolute Gasteiger partial charge is 0.324 e. The normalized spacial score (nSPS) is 11.4. The van der Waals surface area contributed by atoms with Crippen LogP contribution >= 0.6 is 0 Å². The highest BCUT2D eigenvalue weighted by Crippen LogP contribution is 2.29. The van der Waals surface area contributed by atoms with E-state index in [0.29, 0.717) is 22.8 Å². The average molecular weight is 422 g/mol. The molecule has 9 heteroatoms. The fourth-order valence-electron chi connectivity index (χ4n) is 3.78. The highest BCUT2D eigenvalue weighted by atomic mass is 16.1. The molecule has 6 rings (SSSR count). The Morgan fingerprint density at radius 3 is 2.62 bits per heavy atom. The first kappa shape index (κ1) is 18.1. The lowest BCUT2D eigenvalue weighted by Gasteiger charge is -2.11. The van der Waals surface area contributed by atoms with E-state index in [4.69, 9.17) is 9.97 Å². The highest BCUT2D eigenvalue weighted by Gasteiger charge is 2.13. The number of aryl methyl sites for hydroxylation is 1. The van der Waals surface area contributed by atoms with Crippen molar-refractivity contribution in [2.45, 2.75) is 6.92 Å². The first-order valence-electron chi connectivity index (χ1n) is 10.1. The van der Waals surface area contributed by atoms with Crippen molar-refractivity contribution in [1.29, 1.82) is 0 Å². The topological polar surface area (TPSA) is 120 Å². The number of aromatic amines is 3. The average Bonchev–Trinajstić information content (AvgIpc) is 3.56. The predicted molar refractivity (Wildman–Crippen MR) is 123 cm³/mol. The number of nitrogens with one attached hydrogen (secondary N) is 4. The van der Waals surface area contributed by atoms with Crippen molar-refractivity contribution >= 4 is 33.4 Å². The number of hydrogen-bond acceptors (Lipinski definition) is 5. The van der Waals surface area contributed by atoms with Gasteiger partial charge in [-0.1, -0.05) is 0 Å². The minimum atomic E-state index is -0.178. The zero-order chi connectivity index (χ0) is 21.7. The lowest BCUT2D eigenvalue weighted by atomic mass is 10.1. The van der Waals surface area contributed by atoms with Crippen molar-refractivity contribution in [1.82, 2.24) is 34.9 Å². The van der Waals surface area contributed by atoms with Gasteiger partial charge in [-0.25, -0.2) is 9.97 Å². The van der Waals surface area contributed by atoms with Gasteiger partial charge in [-0.05, 0) is 55.5 Å². The van der Waals surface area contributed by atoms with E-state index in [1.165, 1.54) is 0 Å². The maximum Gasteiger partial charge on any atom is 0.271 e. The molecule has 0 amide bonds. The molecular weight excluding hydrogens is 404 g/mol. The maximum absolute atomic E-state index is 12.1. The zero-order valence-electron chi connectivity index (χ0n) is 17.0. The van der Waals surface area contributed by atoms with Crippen LogP contribution in [0.3, 0.4) is 0 Å². The molecule has 0 aliphatic carbocycles. The summed E-state index contributed by atoms with van der Waals surface area (Å²) in [5, 5.41) is 17.4. The van der Waals surface area contributed by atoms with Crippen LogP contribution in [0.15, 0.2) is 71.8 Å². The lowest BCUT2D eigenvalue weighted by Crippen LogP contribution is -2.01. The molecule has 0 spiro atoms. The summed E-state index contributed by atoms with van der Waals surface area (Å²) in [5.74, 6) is 1.82. The molecule has 0 radical (unpaired) electrons. The molecule has 0 bridgehead atoms. The summed E-state index contributed by atoms with van der Waals surface area (Å²) in [6.45, 7) is 1.94. The molecule has 4 N–H and O–H groups in total. The summed E-state index contributed by atoms with van der Waals surface area (Å²) >= 11 is 0. The third-order valence-corrected chi connectivity index (χ3v) is 5.37. The van der Waals surface area contributed by atoms with Crippen LogP contribution in [0.5, 0.6) is 0 Å². The number of hydrogen-bond donors (Lipinski definition) is 4. The van der Waals surface area contributed by atoms with E-state index in [1.54, 1.807) is 6.07 Å². The van der Waals surface area contributed by atoms with Crippen LogP contribution in [-0.4, -0.2) is 34.9 Å². The molecule has 4 aromatic heterocycles. The summed E-state index contributed by atoms with van der Waals surface area (Å²) in [4.78, 5) is 21.7. The van der Waals surface area contributed by atoms with Crippen molar-refractivity contribution in [3.05, 3.63) is 83.0 Å². The van der Waals surface area contributed by atoms with E-state index >= 15 is 0 Å². The second-order valence-corrected chi connectivity index (χ2v) is 7.59. The number of fused-ring (bicyclic) bond motifs is 2. The van der Waals surface area contributed by atoms with Crippen molar-refractivity contribution in [2.24, 2.45) is 0 Å². The van der Waals surface area contributed by atoms with Gasteiger partial charge in [0.15, 0.2) is 11.6 Å². The molecule has 0 saturated heterocycles. The second kappa shape index (κ2) is 6.95. The maximum atomic E-state index is 12.1. The Labute approximate surface area is 181 Å². The zero-order valence-corrected chi connectivity index (χ0v) is 17.0. The van der Waals surface area contributed by atoms with E-state index in [0.717, 1.165) is 33.4 Å². The SMILES string of the molecule is Cc1cc(Nc2nc(-c3ccc4[nH][nH]c(=O)c4c3)nc3cc(-n4cccc4)ccc23)n[nH]1. The van der Waals surface area contributed by atoms with Crippen LogP contribution in [0.4, 0.5) is 11.6 Å². The first-order valence-corrected chi connectivity index (χ1v) is 10.1. The van der Waals surface area contributed by atoms with Gasteiger partial charge in [-0.15, -0.1) is 0 Å². The molecule has 2 aromatic carbocycles. The Bertz CT molecular complexity index is 1640. The molecule has 32 heavy (non-hydrogen) atoms. The molecule has 0 aliphatic rings. The van der Waals surface area contributed by atoms with Crippen molar-refractivity contribution in [2.75, 3.05) is 5.32 Å². The van der Waals surface area contributed by atoms with Crippen LogP contribution in [0, 0.1) is 6.92 Å². The van der Waals surface area contributed by atoms with Gasteiger partial charge < -0.3 is 9.88 Å². The van der Waals surface area contributed by atoms with Gasteiger partial charge in [-0.3, -0.25) is 20.1 Å². The number of aromatic nitrogens is 7. The van der Waals surface area contributed by atoms with Gasteiger partial charge in [-0.2, -0.15) is 5.10 Å². The Morgan fingerprint density at radius 2 is 1.81 bits per heavy atom. The second-order valence-electron chi connectivity index (χ2n) is 7.59. The van der Waals surface area contributed by atoms with E-state index < -0.39 is 0 Å². The summed E-state index contributed by atoms with van der Waals surface area (Å²) in [6, 6.07) is 17.4. The summed E-state index contributed by atoms with van der Waals surface area (Å²) in [5.41, 5.74) is 4.02. The van der Waals surface area contributed by atoms with Crippen LogP contribution in [0.25, 0.3) is 38.9 Å². The van der Waals surface area contributed by atoms with Crippen molar-refractivity contribution < 1.29 is 0 Å². The molecule has 0 unspecified atom stereocenters. The monoisotopic (exact) mass is 422 g/mol. The molecule has 156 valence electrons. The molecule has 4 heterocycles. The van der Waals surface area contributed by atoms with Gasteiger partial charge in [0.25, 0.3) is 5.56 Å². The number of anilines is 2. The standard InChI is InChI=1S/C23H18N8O/c1-13-10-20(29-27-13)25-22-16-6-5-15(31-8-2-3-9-31)12-19(16)24-21(26-22)14-4-7-18-17(11-14)23(32)30-28-18/h2-12H,1H3,(H2,28,30,32)(H2,24,25,26,27,29). The fraction of sp³-hybridized carbons (Fsp3) is 0.0435. The minimum Gasteiger partial charge on any atom is -0.324 e. The van der Waals surface area contributed by atoms with E-state index in [1.807, 2.05) is 72.4 Å². The molecule has 0 fully saturated rings. The summed E-state index contributed by atoms with van der Waals surface area (Å²) in [7, 11) is 0. The smallest absolute Gasteiger partial charge is 0.271 e. The van der Waals surface area contributed by atoms with Crippen molar-refractivity contribution in [3.63, 3.8) is 0 Å². The molecule has 6 aromatic rings. The van der Waals surface area contributed by atoms with E-state index in [2.05, 4.69) is 25.7 Å². The third-order valence-electron chi connectivity index (χ3n) is 5.37. The predicted octanol–water partition coefficient (Wildman–Crippen LogP) is 4.03. The van der Waals surface area contributed by atoms with Crippen molar-refractivity contribution in [3.8, 4) is 17.1 Å². The summed E-state index contributed by atoms with van der Waals surface area (Å²) in [6.07, 6.45) is 3.97. The van der Waals surface area contributed by atoms with Gasteiger partial charge in [0, 0.05) is 40.8 Å². The van der Waals surface area contributed by atoms with E-state index in [-0.39, 0.29) is 5.56 Å². The Morgan fingerprint density at radius 1 is 0.938 bits per heavy atom. The van der Waals surface area contributed by atoms with Crippen LogP contribution in [0.1, 0.15) is 5.69 Å². The molecule has 0 saturated carbocycles. The third kappa shape index (κ3) is 3.03. The van der Waals surface area contributed by atoms with Gasteiger partial charge in [0.1, 0.15) is 5.82 Å². The Hall–Kier alpha value is -4.66. The molecule has 0 atom stereocenters. The van der Waals surface area contributed by atoms with Gasteiger partial charge in [0.2, 0.25) is 0 Å². The van der Waals surface area contributed by atoms with Gasteiger partial charge in [0.05, 0.1) is 16.4 Å². The molecule has 0 aliphatic heterocycles. The summed E-state index contributed by atoms with van der Waals surface area (Å²) < 4.78 is 2.02. The lowest BCUT2D eigenvalue weighted by molar-refractivity contribution is 1.05. The minimum absolute atomic E-state index is 0.178. The molecule has 9 nitrogen and oxygen atoms in total. The number of H-pyrrole nitrogens is 3.